The van der Waals surface area contributed by atoms with Crippen molar-refractivity contribution in [3.63, 3.8) is 0 Å². The van der Waals surface area contributed by atoms with Crippen molar-refractivity contribution in [3.8, 4) is 0 Å². The molecule has 1 aromatic rings. The largest absolute Gasteiger partial charge is 0.339 e. The molecule has 0 amide bonds. The van der Waals surface area contributed by atoms with Crippen LogP contribution in [0.4, 0.5) is 0 Å². The lowest BCUT2D eigenvalue weighted by Gasteiger charge is -2.32. The Morgan fingerprint density at radius 3 is 3.05 bits per heavy atom. The molecule has 1 aromatic heterocycles. The minimum atomic E-state index is 0.723. The van der Waals surface area contributed by atoms with Crippen molar-refractivity contribution in [1.82, 2.24) is 20.4 Å². The van der Waals surface area contributed by atoms with E-state index in [1.165, 1.54) is 12.8 Å². The maximum absolute atomic E-state index is 5.26. The van der Waals surface area contributed by atoms with Crippen molar-refractivity contribution in [2.24, 2.45) is 11.8 Å². The van der Waals surface area contributed by atoms with Gasteiger partial charge in [0, 0.05) is 13.0 Å². The van der Waals surface area contributed by atoms with E-state index in [9.17, 15) is 0 Å². The van der Waals surface area contributed by atoms with Crippen LogP contribution in [0.2, 0.25) is 0 Å². The van der Waals surface area contributed by atoms with Crippen molar-refractivity contribution in [3.05, 3.63) is 11.7 Å². The second-order valence-corrected chi connectivity index (χ2v) is 6.65. The molecule has 1 saturated heterocycles. The third kappa shape index (κ3) is 5.75. The quantitative estimate of drug-likeness (QED) is 0.798. The molecule has 0 aliphatic carbocycles. The van der Waals surface area contributed by atoms with Gasteiger partial charge in [0.25, 0.3) is 0 Å². The molecule has 2 rings (SSSR count). The van der Waals surface area contributed by atoms with E-state index in [0.717, 1.165) is 69.1 Å². The standard InChI is InChI=1S/C16H30N4O/c1-4-6-16-18-15(19-21-16)12-20-8-5-7-14(11-20)10-17-9-13(2)3/h13-14,17H,4-12H2,1-3H3. The summed E-state index contributed by atoms with van der Waals surface area (Å²) in [4.78, 5) is 6.93. The van der Waals surface area contributed by atoms with Gasteiger partial charge in [-0.05, 0) is 50.7 Å². The molecule has 5 heteroatoms. The molecule has 1 N–H and O–H groups in total. The number of likely N-dealkylation sites (tertiary alicyclic amines) is 1. The Morgan fingerprint density at radius 1 is 1.43 bits per heavy atom. The van der Waals surface area contributed by atoms with E-state index < -0.39 is 0 Å². The predicted octanol–water partition coefficient (Wildman–Crippen LogP) is 2.48. The maximum atomic E-state index is 5.26. The van der Waals surface area contributed by atoms with Gasteiger partial charge in [-0.2, -0.15) is 4.98 Å². The first kappa shape index (κ1) is 16.4. The topological polar surface area (TPSA) is 54.2 Å². The van der Waals surface area contributed by atoms with Crippen molar-refractivity contribution >= 4 is 0 Å². The smallest absolute Gasteiger partial charge is 0.226 e. The second kappa shape index (κ2) is 8.49. The van der Waals surface area contributed by atoms with Gasteiger partial charge in [0.15, 0.2) is 5.82 Å². The lowest BCUT2D eigenvalue weighted by molar-refractivity contribution is 0.160. The van der Waals surface area contributed by atoms with Crippen LogP contribution < -0.4 is 5.32 Å². The van der Waals surface area contributed by atoms with Gasteiger partial charge in [0.05, 0.1) is 6.54 Å². The zero-order valence-electron chi connectivity index (χ0n) is 13.8. The fourth-order valence-electron chi connectivity index (χ4n) is 2.91. The number of hydrogen-bond donors (Lipinski definition) is 1. The average Bonchev–Trinajstić information content (AvgIpc) is 2.86. The summed E-state index contributed by atoms with van der Waals surface area (Å²) in [6, 6.07) is 0. The van der Waals surface area contributed by atoms with Gasteiger partial charge < -0.3 is 9.84 Å². The van der Waals surface area contributed by atoms with Crippen LogP contribution in [0.25, 0.3) is 0 Å². The SMILES string of the molecule is CCCc1nc(CN2CCCC(CNCC(C)C)C2)no1. The lowest BCUT2D eigenvalue weighted by atomic mass is 9.98. The first-order valence-corrected chi connectivity index (χ1v) is 8.42. The van der Waals surface area contributed by atoms with Crippen LogP contribution in [-0.4, -0.2) is 41.2 Å². The summed E-state index contributed by atoms with van der Waals surface area (Å²) in [6.07, 6.45) is 4.53. The van der Waals surface area contributed by atoms with E-state index in [2.05, 4.69) is 41.1 Å². The zero-order chi connectivity index (χ0) is 15.1. The molecule has 1 unspecified atom stereocenters. The number of nitrogens with zero attached hydrogens (tertiary/aromatic N) is 3. The first-order chi connectivity index (χ1) is 10.2. The molecule has 1 aliphatic rings. The highest BCUT2D eigenvalue weighted by atomic mass is 16.5. The maximum Gasteiger partial charge on any atom is 0.226 e. The Balaban J connectivity index is 1.75. The summed E-state index contributed by atoms with van der Waals surface area (Å²) >= 11 is 0. The first-order valence-electron chi connectivity index (χ1n) is 8.42. The van der Waals surface area contributed by atoms with Crippen LogP contribution in [0.5, 0.6) is 0 Å². The molecular formula is C16H30N4O. The Morgan fingerprint density at radius 2 is 2.29 bits per heavy atom. The van der Waals surface area contributed by atoms with Gasteiger partial charge in [0.1, 0.15) is 0 Å². The molecule has 0 spiro atoms. The molecule has 0 aromatic carbocycles. The number of rotatable bonds is 8. The minimum absolute atomic E-state index is 0.723. The Labute approximate surface area is 128 Å². The minimum Gasteiger partial charge on any atom is -0.339 e. The average molecular weight is 294 g/mol. The van der Waals surface area contributed by atoms with E-state index in [0.29, 0.717) is 0 Å². The Hall–Kier alpha value is -0.940. The van der Waals surface area contributed by atoms with Gasteiger partial charge in [-0.25, -0.2) is 0 Å². The van der Waals surface area contributed by atoms with E-state index in [4.69, 9.17) is 4.52 Å². The van der Waals surface area contributed by atoms with Gasteiger partial charge in [-0.3, -0.25) is 4.90 Å². The molecule has 120 valence electrons. The van der Waals surface area contributed by atoms with Crippen LogP contribution in [0, 0.1) is 11.8 Å². The molecule has 1 atom stereocenters. The van der Waals surface area contributed by atoms with Crippen molar-refractivity contribution in [2.75, 3.05) is 26.2 Å². The number of nitrogens with one attached hydrogen (secondary N) is 1. The van der Waals surface area contributed by atoms with Crippen molar-refractivity contribution in [1.29, 1.82) is 0 Å². The van der Waals surface area contributed by atoms with E-state index in [1.807, 2.05) is 0 Å². The number of aromatic nitrogens is 2. The van der Waals surface area contributed by atoms with Crippen LogP contribution in [0.15, 0.2) is 4.52 Å². The van der Waals surface area contributed by atoms with Crippen LogP contribution in [0.3, 0.4) is 0 Å². The van der Waals surface area contributed by atoms with Crippen LogP contribution in [-0.2, 0) is 13.0 Å². The Bertz CT molecular complexity index is 405. The third-order valence-electron chi connectivity index (χ3n) is 3.93. The highest BCUT2D eigenvalue weighted by molar-refractivity contribution is 4.88. The summed E-state index contributed by atoms with van der Waals surface area (Å²) in [6.45, 7) is 12.0. The molecular weight excluding hydrogens is 264 g/mol. The van der Waals surface area contributed by atoms with Gasteiger partial charge in [-0.1, -0.05) is 25.9 Å². The van der Waals surface area contributed by atoms with Crippen LogP contribution in [0.1, 0.15) is 51.7 Å². The third-order valence-corrected chi connectivity index (χ3v) is 3.93. The normalized spacial score (nSPS) is 20.3. The summed E-state index contributed by atoms with van der Waals surface area (Å²) in [5.41, 5.74) is 0. The van der Waals surface area contributed by atoms with Crippen molar-refractivity contribution < 1.29 is 4.52 Å². The fraction of sp³-hybridized carbons (Fsp3) is 0.875. The van der Waals surface area contributed by atoms with E-state index >= 15 is 0 Å². The van der Waals surface area contributed by atoms with E-state index in [-0.39, 0.29) is 0 Å². The molecule has 5 nitrogen and oxygen atoms in total. The molecule has 2 heterocycles. The molecule has 1 fully saturated rings. The summed E-state index contributed by atoms with van der Waals surface area (Å²) < 4.78 is 5.26. The van der Waals surface area contributed by atoms with E-state index in [1.54, 1.807) is 0 Å². The lowest BCUT2D eigenvalue weighted by Crippen LogP contribution is -2.40. The number of aryl methyl sites for hydroxylation is 1. The molecule has 1 aliphatic heterocycles. The number of piperidine rings is 1. The molecule has 0 bridgehead atoms. The monoisotopic (exact) mass is 294 g/mol. The van der Waals surface area contributed by atoms with Gasteiger partial charge in [-0.15, -0.1) is 0 Å². The van der Waals surface area contributed by atoms with Crippen LogP contribution >= 0.6 is 0 Å². The molecule has 0 saturated carbocycles. The highest BCUT2D eigenvalue weighted by Gasteiger charge is 2.21. The highest BCUT2D eigenvalue weighted by Crippen LogP contribution is 2.17. The zero-order valence-corrected chi connectivity index (χ0v) is 13.8. The molecule has 0 radical (unpaired) electrons. The second-order valence-electron chi connectivity index (χ2n) is 6.65. The fourth-order valence-corrected chi connectivity index (χ4v) is 2.91. The summed E-state index contributed by atoms with van der Waals surface area (Å²) in [5.74, 6) is 3.09. The van der Waals surface area contributed by atoms with Gasteiger partial charge >= 0.3 is 0 Å². The van der Waals surface area contributed by atoms with Crippen molar-refractivity contribution in [2.45, 2.75) is 53.0 Å². The Kier molecular flexibility index (Phi) is 6.64. The summed E-state index contributed by atoms with van der Waals surface area (Å²) in [5, 5.41) is 7.68. The number of hydrogen-bond acceptors (Lipinski definition) is 5. The van der Waals surface area contributed by atoms with Gasteiger partial charge in [0.2, 0.25) is 5.89 Å². The predicted molar refractivity (Wildman–Crippen MR) is 84.0 cm³/mol. The summed E-state index contributed by atoms with van der Waals surface area (Å²) in [7, 11) is 0. The molecule has 21 heavy (non-hydrogen) atoms.